The van der Waals surface area contributed by atoms with Crippen molar-refractivity contribution in [2.24, 2.45) is 5.41 Å². The van der Waals surface area contributed by atoms with Crippen LogP contribution in [0.2, 0.25) is 10.0 Å². The fourth-order valence-corrected chi connectivity index (χ4v) is 2.08. The van der Waals surface area contributed by atoms with Crippen LogP contribution in [-0.4, -0.2) is 22.5 Å². The number of nitro groups is 1. The van der Waals surface area contributed by atoms with E-state index in [1.807, 2.05) is 0 Å². The highest BCUT2D eigenvalue weighted by atomic mass is 35.5. The second-order valence-electron chi connectivity index (χ2n) is 4.61. The number of nitro benzene ring substituents is 1. The molecule has 0 aromatic heterocycles. The Hall–Kier alpha value is -1.53. The molecule has 8 heteroatoms. The van der Waals surface area contributed by atoms with E-state index in [0.29, 0.717) is 12.1 Å². The number of non-ortho nitro benzene ring substituents is 1. The minimum absolute atomic E-state index is 0.0769. The van der Waals surface area contributed by atoms with E-state index in [2.05, 4.69) is 5.32 Å². The van der Waals surface area contributed by atoms with Gasteiger partial charge in [0, 0.05) is 18.7 Å². The van der Waals surface area contributed by atoms with Gasteiger partial charge in [0.05, 0.1) is 26.1 Å². The minimum Gasteiger partial charge on any atom is -0.481 e. The van der Waals surface area contributed by atoms with Crippen molar-refractivity contribution in [3.8, 4) is 0 Å². The number of benzene rings is 1. The molecule has 1 aromatic rings. The Morgan fingerprint density at radius 2 is 1.95 bits per heavy atom. The van der Waals surface area contributed by atoms with Gasteiger partial charge in [0.15, 0.2) is 0 Å². The molecular weight excluding hydrogens is 307 g/mol. The molecule has 0 aliphatic rings. The molecule has 0 aliphatic heterocycles. The highest BCUT2D eigenvalue weighted by Crippen LogP contribution is 2.35. The molecular formula is C12H14Cl2N2O4. The molecule has 1 rings (SSSR count). The van der Waals surface area contributed by atoms with Gasteiger partial charge in [-0.15, -0.1) is 0 Å². The SMILES string of the molecule is CCC(C)(CNc1c(Cl)cc([N+](=O)[O-])cc1Cl)C(=O)O. The van der Waals surface area contributed by atoms with E-state index >= 15 is 0 Å². The highest BCUT2D eigenvalue weighted by molar-refractivity contribution is 6.39. The first kappa shape index (κ1) is 16.5. The molecule has 1 unspecified atom stereocenters. The van der Waals surface area contributed by atoms with Crippen molar-refractivity contribution in [3.05, 3.63) is 32.3 Å². The fraction of sp³-hybridized carbons (Fsp3) is 0.417. The van der Waals surface area contributed by atoms with Gasteiger partial charge in [-0.2, -0.15) is 0 Å². The van der Waals surface area contributed by atoms with Gasteiger partial charge >= 0.3 is 5.97 Å². The van der Waals surface area contributed by atoms with Crippen LogP contribution in [-0.2, 0) is 4.79 Å². The molecule has 0 fully saturated rings. The van der Waals surface area contributed by atoms with Crippen molar-refractivity contribution in [1.82, 2.24) is 0 Å². The predicted molar refractivity (Wildman–Crippen MR) is 77.6 cm³/mol. The molecule has 0 heterocycles. The molecule has 20 heavy (non-hydrogen) atoms. The molecule has 0 aliphatic carbocycles. The molecule has 0 amide bonds. The summed E-state index contributed by atoms with van der Waals surface area (Å²) in [5.41, 5.74) is -0.907. The van der Waals surface area contributed by atoms with E-state index in [0.717, 1.165) is 0 Å². The zero-order valence-electron chi connectivity index (χ0n) is 10.9. The molecule has 6 nitrogen and oxygen atoms in total. The summed E-state index contributed by atoms with van der Waals surface area (Å²) in [6, 6.07) is 2.33. The molecule has 0 saturated carbocycles. The van der Waals surface area contributed by atoms with Gasteiger partial charge in [0.1, 0.15) is 0 Å². The van der Waals surface area contributed by atoms with Crippen LogP contribution in [0.1, 0.15) is 20.3 Å². The summed E-state index contributed by atoms with van der Waals surface area (Å²) < 4.78 is 0. The molecule has 1 aromatic carbocycles. The van der Waals surface area contributed by atoms with Crippen molar-refractivity contribution in [2.75, 3.05) is 11.9 Å². The first-order valence-electron chi connectivity index (χ1n) is 5.82. The number of carboxylic acid groups (broad SMARTS) is 1. The minimum atomic E-state index is -0.978. The molecule has 0 bridgehead atoms. The standard InChI is InChI=1S/C12H14Cl2N2O4/c1-3-12(2,11(17)18)6-15-10-8(13)4-7(16(19)20)5-9(10)14/h4-5,15H,3,6H2,1-2H3,(H,17,18). The smallest absolute Gasteiger partial charge is 0.311 e. The Morgan fingerprint density at radius 3 is 2.30 bits per heavy atom. The first-order valence-corrected chi connectivity index (χ1v) is 6.57. The zero-order valence-corrected chi connectivity index (χ0v) is 12.5. The third-order valence-electron chi connectivity index (χ3n) is 3.19. The number of anilines is 1. The van der Waals surface area contributed by atoms with Gasteiger partial charge in [-0.1, -0.05) is 30.1 Å². The number of halogens is 2. The third kappa shape index (κ3) is 3.52. The second-order valence-corrected chi connectivity index (χ2v) is 5.43. The number of nitrogens with zero attached hydrogens (tertiary/aromatic N) is 1. The van der Waals surface area contributed by atoms with Crippen LogP contribution in [0.25, 0.3) is 0 Å². The fourth-order valence-electron chi connectivity index (χ4n) is 1.47. The van der Waals surface area contributed by atoms with E-state index in [1.165, 1.54) is 12.1 Å². The van der Waals surface area contributed by atoms with Crippen LogP contribution in [0.15, 0.2) is 12.1 Å². The zero-order chi connectivity index (χ0) is 15.5. The largest absolute Gasteiger partial charge is 0.481 e. The summed E-state index contributed by atoms with van der Waals surface area (Å²) in [7, 11) is 0. The number of hydrogen-bond donors (Lipinski definition) is 2. The van der Waals surface area contributed by atoms with Gasteiger partial charge < -0.3 is 10.4 Å². The van der Waals surface area contributed by atoms with Crippen molar-refractivity contribution in [1.29, 1.82) is 0 Å². The van der Waals surface area contributed by atoms with Crippen molar-refractivity contribution >= 4 is 40.5 Å². The highest BCUT2D eigenvalue weighted by Gasteiger charge is 2.31. The quantitative estimate of drug-likeness (QED) is 0.614. The van der Waals surface area contributed by atoms with Crippen LogP contribution in [0, 0.1) is 15.5 Å². The number of carbonyl (C=O) groups is 1. The lowest BCUT2D eigenvalue weighted by atomic mass is 9.87. The lowest BCUT2D eigenvalue weighted by Crippen LogP contribution is -2.34. The topological polar surface area (TPSA) is 92.5 Å². The summed E-state index contributed by atoms with van der Waals surface area (Å²) in [6.45, 7) is 3.46. The Labute approximate surface area is 125 Å². The Bertz CT molecular complexity index is 527. The van der Waals surface area contributed by atoms with Gasteiger partial charge in [0.25, 0.3) is 5.69 Å². The second kappa shape index (κ2) is 6.28. The molecule has 0 spiro atoms. The molecule has 110 valence electrons. The van der Waals surface area contributed by atoms with Gasteiger partial charge in [-0.05, 0) is 13.3 Å². The van der Waals surface area contributed by atoms with Crippen LogP contribution < -0.4 is 5.32 Å². The van der Waals surface area contributed by atoms with Gasteiger partial charge in [-0.25, -0.2) is 0 Å². The van der Waals surface area contributed by atoms with Crippen LogP contribution in [0.5, 0.6) is 0 Å². The van der Waals surface area contributed by atoms with Crippen LogP contribution in [0.3, 0.4) is 0 Å². The van der Waals surface area contributed by atoms with Crippen LogP contribution >= 0.6 is 23.2 Å². The normalized spacial score (nSPS) is 13.6. The van der Waals surface area contributed by atoms with Crippen molar-refractivity contribution in [2.45, 2.75) is 20.3 Å². The summed E-state index contributed by atoms with van der Waals surface area (Å²) in [4.78, 5) is 21.2. The van der Waals surface area contributed by atoms with E-state index in [4.69, 9.17) is 23.2 Å². The predicted octanol–water partition coefficient (Wildman–Crippen LogP) is 3.81. The number of rotatable bonds is 6. The Kier molecular flexibility index (Phi) is 5.19. The number of hydrogen-bond acceptors (Lipinski definition) is 4. The van der Waals surface area contributed by atoms with E-state index in [9.17, 15) is 20.0 Å². The van der Waals surface area contributed by atoms with Gasteiger partial charge in [0.2, 0.25) is 0 Å². The summed E-state index contributed by atoms with van der Waals surface area (Å²) in [6.07, 6.45) is 0.414. The average molecular weight is 321 g/mol. The maximum atomic E-state index is 11.2. The number of carboxylic acids is 1. The maximum absolute atomic E-state index is 11.2. The lowest BCUT2D eigenvalue weighted by molar-refractivity contribution is -0.384. The summed E-state index contributed by atoms with van der Waals surface area (Å²) >= 11 is 11.9. The number of aliphatic carboxylic acids is 1. The Morgan fingerprint density at radius 1 is 1.45 bits per heavy atom. The molecule has 0 radical (unpaired) electrons. The van der Waals surface area contributed by atoms with Crippen molar-refractivity contribution < 1.29 is 14.8 Å². The monoisotopic (exact) mass is 320 g/mol. The lowest BCUT2D eigenvalue weighted by Gasteiger charge is -2.24. The van der Waals surface area contributed by atoms with Crippen LogP contribution in [0.4, 0.5) is 11.4 Å². The maximum Gasteiger partial charge on any atom is 0.311 e. The van der Waals surface area contributed by atoms with E-state index < -0.39 is 16.3 Å². The summed E-state index contributed by atoms with van der Waals surface area (Å²) in [5, 5.41) is 22.8. The van der Waals surface area contributed by atoms with Crippen molar-refractivity contribution in [3.63, 3.8) is 0 Å². The Balaban J connectivity index is 3.00. The van der Waals surface area contributed by atoms with E-state index in [-0.39, 0.29) is 22.3 Å². The summed E-state index contributed by atoms with van der Waals surface area (Å²) in [5.74, 6) is -0.943. The van der Waals surface area contributed by atoms with Gasteiger partial charge in [-0.3, -0.25) is 14.9 Å². The molecule has 0 saturated heterocycles. The third-order valence-corrected chi connectivity index (χ3v) is 3.79. The van der Waals surface area contributed by atoms with E-state index in [1.54, 1.807) is 13.8 Å². The molecule has 1 atom stereocenters. The molecule has 2 N–H and O–H groups in total. The average Bonchev–Trinajstić information content (AvgIpc) is 2.36. The number of nitrogens with one attached hydrogen (secondary N) is 1. The first-order chi connectivity index (χ1) is 9.21.